The van der Waals surface area contributed by atoms with Crippen LogP contribution in [-0.4, -0.2) is 41.7 Å². The largest absolute Gasteiger partial charge is 0.467 e. The number of carbonyl (C=O) groups excluding carboxylic acids is 4. The predicted molar refractivity (Wildman–Crippen MR) is 122 cm³/mol. The van der Waals surface area contributed by atoms with Crippen LogP contribution in [0.2, 0.25) is 0 Å². The van der Waals surface area contributed by atoms with E-state index in [1.54, 1.807) is 12.1 Å². The fourth-order valence-corrected chi connectivity index (χ4v) is 3.64. The van der Waals surface area contributed by atoms with Crippen molar-refractivity contribution in [2.45, 2.75) is 26.3 Å². The van der Waals surface area contributed by atoms with Crippen molar-refractivity contribution in [1.29, 1.82) is 0 Å². The van der Waals surface area contributed by atoms with E-state index in [1.807, 2.05) is 31.2 Å². The van der Waals surface area contributed by atoms with E-state index in [2.05, 4.69) is 5.32 Å². The smallest absolute Gasteiger partial charge is 0.338 e. The van der Waals surface area contributed by atoms with Crippen LogP contribution < -0.4 is 5.32 Å². The molecule has 0 saturated carbocycles. The van der Waals surface area contributed by atoms with Gasteiger partial charge in [0.15, 0.2) is 0 Å². The summed E-state index contributed by atoms with van der Waals surface area (Å²) in [7, 11) is 0. The van der Waals surface area contributed by atoms with Crippen LogP contribution in [0.1, 0.15) is 54.4 Å². The van der Waals surface area contributed by atoms with Crippen LogP contribution >= 0.6 is 0 Å². The Balaban J connectivity index is 1.25. The van der Waals surface area contributed by atoms with Crippen molar-refractivity contribution in [1.82, 2.24) is 10.2 Å². The SMILES string of the molecule is Cc1ccc(CCC(=O)NCCOC(=O)c2ccc3c(c2)C(=O)N(Cc2ccco2)C3=O)cc1. The zero-order chi connectivity index (χ0) is 24.1. The highest BCUT2D eigenvalue weighted by Gasteiger charge is 2.36. The van der Waals surface area contributed by atoms with Crippen molar-refractivity contribution in [3.05, 3.63) is 94.4 Å². The van der Waals surface area contributed by atoms with Crippen LogP contribution in [0.15, 0.2) is 65.3 Å². The number of hydrogen-bond acceptors (Lipinski definition) is 6. The number of hydrogen-bond donors (Lipinski definition) is 1. The highest BCUT2D eigenvalue weighted by Crippen LogP contribution is 2.26. The molecule has 1 aliphatic heterocycles. The van der Waals surface area contributed by atoms with E-state index in [4.69, 9.17) is 9.15 Å². The number of rotatable bonds is 9. The molecule has 1 aromatic heterocycles. The summed E-state index contributed by atoms with van der Waals surface area (Å²) < 4.78 is 10.4. The lowest BCUT2D eigenvalue weighted by atomic mass is 10.1. The third-order valence-corrected chi connectivity index (χ3v) is 5.52. The van der Waals surface area contributed by atoms with Gasteiger partial charge in [0.05, 0.1) is 36.0 Å². The van der Waals surface area contributed by atoms with Gasteiger partial charge in [0, 0.05) is 6.42 Å². The summed E-state index contributed by atoms with van der Waals surface area (Å²) in [6, 6.07) is 15.6. The minimum atomic E-state index is -0.638. The molecule has 0 saturated heterocycles. The second-order valence-corrected chi connectivity index (χ2v) is 8.01. The number of ether oxygens (including phenoxy) is 1. The molecule has 1 aliphatic rings. The molecule has 2 heterocycles. The molecule has 0 aliphatic carbocycles. The molecule has 0 bridgehead atoms. The summed E-state index contributed by atoms with van der Waals surface area (Å²) in [4.78, 5) is 50.7. The minimum Gasteiger partial charge on any atom is -0.467 e. The van der Waals surface area contributed by atoms with E-state index in [-0.39, 0.29) is 42.3 Å². The van der Waals surface area contributed by atoms with Crippen molar-refractivity contribution in [2.24, 2.45) is 0 Å². The second kappa shape index (κ2) is 10.2. The first kappa shape index (κ1) is 23.0. The predicted octanol–water partition coefficient (Wildman–Crippen LogP) is 3.29. The Morgan fingerprint density at radius 1 is 1.00 bits per heavy atom. The monoisotopic (exact) mass is 460 g/mol. The Bertz CT molecular complexity index is 1210. The summed E-state index contributed by atoms with van der Waals surface area (Å²) in [6.45, 7) is 2.19. The molecule has 0 radical (unpaired) electrons. The number of furan rings is 1. The number of aryl methyl sites for hydroxylation is 2. The van der Waals surface area contributed by atoms with Crippen molar-refractivity contribution in [2.75, 3.05) is 13.2 Å². The molecule has 0 spiro atoms. The zero-order valence-electron chi connectivity index (χ0n) is 18.7. The summed E-state index contributed by atoms with van der Waals surface area (Å²) in [5.74, 6) is -1.22. The average molecular weight is 460 g/mol. The Morgan fingerprint density at radius 3 is 2.50 bits per heavy atom. The maximum Gasteiger partial charge on any atom is 0.338 e. The van der Waals surface area contributed by atoms with Gasteiger partial charge in [-0.15, -0.1) is 0 Å². The molecule has 1 N–H and O–H groups in total. The van der Waals surface area contributed by atoms with Crippen LogP contribution in [0.5, 0.6) is 0 Å². The van der Waals surface area contributed by atoms with E-state index < -0.39 is 17.8 Å². The number of esters is 1. The first-order chi connectivity index (χ1) is 16.4. The average Bonchev–Trinajstić information content (AvgIpc) is 3.44. The Kier molecular flexibility index (Phi) is 6.87. The molecular weight excluding hydrogens is 436 g/mol. The van der Waals surface area contributed by atoms with Gasteiger partial charge in [-0.25, -0.2) is 4.79 Å². The number of nitrogens with zero attached hydrogens (tertiary/aromatic N) is 1. The summed E-state index contributed by atoms with van der Waals surface area (Å²) in [5.41, 5.74) is 2.79. The number of benzene rings is 2. The Morgan fingerprint density at radius 2 is 1.76 bits per heavy atom. The van der Waals surface area contributed by atoms with Gasteiger partial charge in [0.2, 0.25) is 5.91 Å². The lowest BCUT2D eigenvalue weighted by Gasteiger charge is -2.11. The fourth-order valence-electron chi connectivity index (χ4n) is 3.64. The molecule has 0 unspecified atom stereocenters. The molecule has 8 heteroatoms. The van der Waals surface area contributed by atoms with Gasteiger partial charge in [-0.05, 0) is 49.2 Å². The van der Waals surface area contributed by atoms with E-state index in [1.165, 1.54) is 30.0 Å². The van der Waals surface area contributed by atoms with Gasteiger partial charge in [0.1, 0.15) is 12.4 Å². The van der Waals surface area contributed by atoms with Crippen molar-refractivity contribution in [3.63, 3.8) is 0 Å². The third-order valence-electron chi connectivity index (χ3n) is 5.52. The van der Waals surface area contributed by atoms with E-state index in [9.17, 15) is 19.2 Å². The van der Waals surface area contributed by atoms with Crippen LogP contribution in [0.3, 0.4) is 0 Å². The molecular formula is C26H24N2O6. The maximum absolute atomic E-state index is 12.7. The van der Waals surface area contributed by atoms with Gasteiger partial charge in [-0.2, -0.15) is 0 Å². The minimum absolute atomic E-state index is 0.0102. The Labute approximate surface area is 196 Å². The highest BCUT2D eigenvalue weighted by atomic mass is 16.5. The van der Waals surface area contributed by atoms with E-state index in [0.717, 1.165) is 10.5 Å². The zero-order valence-corrected chi connectivity index (χ0v) is 18.7. The maximum atomic E-state index is 12.7. The molecule has 0 atom stereocenters. The topological polar surface area (TPSA) is 106 Å². The summed E-state index contributed by atoms with van der Waals surface area (Å²) in [5, 5.41) is 2.72. The molecule has 3 amide bonds. The third kappa shape index (κ3) is 5.23. The van der Waals surface area contributed by atoms with Crippen molar-refractivity contribution < 1.29 is 28.3 Å². The summed E-state index contributed by atoms with van der Waals surface area (Å²) in [6.07, 6.45) is 2.44. The molecule has 4 rings (SSSR count). The lowest BCUT2D eigenvalue weighted by molar-refractivity contribution is -0.121. The normalized spacial score (nSPS) is 12.6. The van der Waals surface area contributed by atoms with Crippen LogP contribution in [0.4, 0.5) is 0 Å². The fraction of sp³-hybridized carbons (Fsp3) is 0.231. The Hall–Kier alpha value is -4.20. The molecule has 174 valence electrons. The number of imide groups is 1. The second-order valence-electron chi connectivity index (χ2n) is 8.01. The van der Waals surface area contributed by atoms with Gasteiger partial charge in [0.25, 0.3) is 11.8 Å². The van der Waals surface area contributed by atoms with E-state index >= 15 is 0 Å². The number of fused-ring (bicyclic) bond motifs is 1. The van der Waals surface area contributed by atoms with Crippen LogP contribution in [0.25, 0.3) is 0 Å². The van der Waals surface area contributed by atoms with Crippen LogP contribution in [-0.2, 0) is 22.5 Å². The molecule has 8 nitrogen and oxygen atoms in total. The molecule has 2 aromatic carbocycles. The molecule has 0 fully saturated rings. The number of carbonyl (C=O) groups is 4. The first-order valence-electron chi connectivity index (χ1n) is 10.9. The van der Waals surface area contributed by atoms with Gasteiger partial charge < -0.3 is 14.5 Å². The van der Waals surface area contributed by atoms with Crippen molar-refractivity contribution in [3.8, 4) is 0 Å². The van der Waals surface area contributed by atoms with Gasteiger partial charge in [-0.1, -0.05) is 29.8 Å². The molecule has 34 heavy (non-hydrogen) atoms. The highest BCUT2D eigenvalue weighted by molar-refractivity contribution is 6.21. The summed E-state index contributed by atoms with van der Waals surface area (Å²) >= 11 is 0. The number of amides is 3. The molecule has 3 aromatic rings. The van der Waals surface area contributed by atoms with Crippen molar-refractivity contribution >= 4 is 23.7 Å². The number of nitrogens with one attached hydrogen (secondary N) is 1. The first-order valence-corrected chi connectivity index (χ1v) is 10.9. The van der Waals surface area contributed by atoms with Gasteiger partial charge in [-0.3, -0.25) is 19.3 Å². The van der Waals surface area contributed by atoms with E-state index in [0.29, 0.717) is 18.6 Å². The standard InChI is InChI=1S/C26H24N2O6/c1-17-4-6-18(7-5-17)8-11-23(29)27-12-14-34-26(32)19-9-10-21-22(15-19)25(31)28(24(21)30)16-20-3-2-13-33-20/h2-7,9-10,13,15H,8,11-12,14,16H2,1H3,(H,27,29). The van der Waals surface area contributed by atoms with Gasteiger partial charge >= 0.3 is 5.97 Å². The van der Waals surface area contributed by atoms with Crippen LogP contribution in [0, 0.1) is 6.92 Å². The lowest BCUT2D eigenvalue weighted by Crippen LogP contribution is -2.28. The quantitative estimate of drug-likeness (QED) is 0.298.